The average Bonchev–Trinajstić information content (AvgIpc) is 2.44. The number of amides is 1. The van der Waals surface area contributed by atoms with Crippen molar-refractivity contribution in [2.45, 2.75) is 0 Å². The Morgan fingerprint density at radius 2 is 1.35 bits per heavy atom. The van der Waals surface area contributed by atoms with Crippen molar-refractivity contribution in [3.8, 4) is 0 Å². The van der Waals surface area contributed by atoms with Crippen molar-refractivity contribution >= 4 is 5.91 Å². The predicted octanol–water partition coefficient (Wildman–Crippen LogP) is 1.36. The number of rotatable bonds is 2. The lowest BCUT2D eigenvalue weighted by Gasteiger charge is -2.27. The van der Waals surface area contributed by atoms with Crippen molar-refractivity contribution in [1.82, 2.24) is 10.4 Å². The Labute approximate surface area is 110 Å². The standard InChI is InChI=1S/C11H9F5N2O2/c12-6-5(7(13)9(15)10(16)8(6)14)11(19)17-18-1-3-20-4-2-18/h1-4H2,(H,17,19). The topological polar surface area (TPSA) is 41.6 Å². The van der Waals surface area contributed by atoms with E-state index in [2.05, 4.69) is 5.43 Å². The van der Waals surface area contributed by atoms with Gasteiger partial charge in [-0.1, -0.05) is 0 Å². The fourth-order valence-corrected chi connectivity index (χ4v) is 1.68. The van der Waals surface area contributed by atoms with Gasteiger partial charge >= 0.3 is 0 Å². The maximum Gasteiger partial charge on any atom is 0.271 e. The fraction of sp³-hybridized carbons (Fsp3) is 0.364. The largest absolute Gasteiger partial charge is 0.379 e. The minimum Gasteiger partial charge on any atom is -0.379 e. The van der Waals surface area contributed by atoms with E-state index in [1.807, 2.05) is 0 Å². The van der Waals surface area contributed by atoms with E-state index in [1.54, 1.807) is 0 Å². The first-order chi connectivity index (χ1) is 9.43. The Morgan fingerprint density at radius 3 is 1.85 bits per heavy atom. The van der Waals surface area contributed by atoms with Crippen molar-refractivity contribution < 1.29 is 31.5 Å². The summed E-state index contributed by atoms with van der Waals surface area (Å²) in [5.41, 5.74) is 0.563. The van der Waals surface area contributed by atoms with Crippen molar-refractivity contribution in [3.05, 3.63) is 34.6 Å². The van der Waals surface area contributed by atoms with E-state index in [4.69, 9.17) is 4.74 Å². The molecule has 20 heavy (non-hydrogen) atoms. The van der Waals surface area contributed by atoms with Crippen molar-refractivity contribution in [2.24, 2.45) is 0 Å². The number of hydrogen-bond acceptors (Lipinski definition) is 3. The number of morpholine rings is 1. The number of carbonyl (C=O) groups excluding carboxylic acids is 1. The van der Waals surface area contributed by atoms with Crippen LogP contribution in [0.4, 0.5) is 22.0 Å². The van der Waals surface area contributed by atoms with Crippen LogP contribution in [0.5, 0.6) is 0 Å². The summed E-state index contributed by atoms with van der Waals surface area (Å²) in [6.45, 7) is 1.02. The van der Waals surface area contributed by atoms with E-state index in [0.29, 0.717) is 0 Å². The molecule has 4 nitrogen and oxygen atoms in total. The molecule has 1 N–H and O–H groups in total. The van der Waals surface area contributed by atoms with Crippen LogP contribution in [0, 0.1) is 29.1 Å². The van der Waals surface area contributed by atoms with Crippen LogP contribution in [0.2, 0.25) is 0 Å². The monoisotopic (exact) mass is 296 g/mol. The number of nitrogens with one attached hydrogen (secondary N) is 1. The second-order valence-corrected chi connectivity index (χ2v) is 3.99. The summed E-state index contributed by atoms with van der Waals surface area (Å²) in [5.74, 6) is -12.3. The quantitative estimate of drug-likeness (QED) is 0.509. The third-order valence-corrected chi connectivity index (χ3v) is 2.71. The molecule has 0 aliphatic carbocycles. The van der Waals surface area contributed by atoms with E-state index in [9.17, 15) is 26.7 Å². The molecule has 1 aromatic carbocycles. The molecular weight excluding hydrogens is 287 g/mol. The molecule has 1 aromatic rings. The molecular formula is C11H9F5N2O2. The smallest absolute Gasteiger partial charge is 0.271 e. The van der Waals surface area contributed by atoms with E-state index in [1.165, 1.54) is 5.01 Å². The predicted molar refractivity (Wildman–Crippen MR) is 56.1 cm³/mol. The van der Waals surface area contributed by atoms with Crippen LogP contribution in [0.1, 0.15) is 10.4 Å². The molecule has 1 saturated heterocycles. The van der Waals surface area contributed by atoms with Gasteiger partial charge in [0, 0.05) is 13.1 Å². The molecule has 1 amide bonds. The number of hydrogen-bond donors (Lipinski definition) is 1. The van der Waals surface area contributed by atoms with Gasteiger partial charge in [0.25, 0.3) is 5.91 Å². The highest BCUT2D eigenvalue weighted by molar-refractivity contribution is 5.94. The van der Waals surface area contributed by atoms with Gasteiger partial charge < -0.3 is 4.74 Å². The normalized spacial score (nSPS) is 16.2. The molecule has 0 unspecified atom stereocenters. The number of nitrogens with zero attached hydrogens (tertiary/aromatic N) is 1. The zero-order valence-corrected chi connectivity index (χ0v) is 9.98. The molecule has 110 valence electrons. The third-order valence-electron chi connectivity index (χ3n) is 2.71. The van der Waals surface area contributed by atoms with E-state index in [-0.39, 0.29) is 26.3 Å². The fourth-order valence-electron chi connectivity index (χ4n) is 1.68. The second kappa shape index (κ2) is 5.71. The maximum absolute atomic E-state index is 13.4. The Bertz CT molecular complexity index is 517. The molecule has 1 aliphatic rings. The van der Waals surface area contributed by atoms with Gasteiger partial charge in [-0.15, -0.1) is 0 Å². The number of hydrazine groups is 1. The maximum atomic E-state index is 13.4. The van der Waals surface area contributed by atoms with Gasteiger partial charge in [-0.05, 0) is 0 Å². The molecule has 2 rings (SSSR count). The first-order valence-electron chi connectivity index (χ1n) is 5.58. The van der Waals surface area contributed by atoms with Crippen molar-refractivity contribution in [1.29, 1.82) is 0 Å². The molecule has 0 bridgehead atoms. The molecule has 1 fully saturated rings. The summed E-state index contributed by atoms with van der Waals surface area (Å²) in [4.78, 5) is 11.6. The highest BCUT2D eigenvalue weighted by Crippen LogP contribution is 2.22. The highest BCUT2D eigenvalue weighted by Gasteiger charge is 2.30. The second-order valence-electron chi connectivity index (χ2n) is 3.99. The number of halogens is 5. The highest BCUT2D eigenvalue weighted by atomic mass is 19.2. The van der Waals surface area contributed by atoms with E-state index in [0.717, 1.165) is 0 Å². The third kappa shape index (κ3) is 2.59. The summed E-state index contributed by atoms with van der Waals surface area (Å²) >= 11 is 0. The summed E-state index contributed by atoms with van der Waals surface area (Å²) in [7, 11) is 0. The van der Waals surface area contributed by atoms with Gasteiger partial charge in [-0.25, -0.2) is 27.0 Å². The van der Waals surface area contributed by atoms with E-state index < -0.39 is 40.6 Å². The molecule has 0 radical (unpaired) electrons. The number of benzene rings is 1. The number of ether oxygens (including phenoxy) is 1. The molecule has 0 aromatic heterocycles. The summed E-state index contributed by atoms with van der Waals surface area (Å²) in [5, 5.41) is 1.27. The van der Waals surface area contributed by atoms with Gasteiger partial charge in [-0.3, -0.25) is 10.2 Å². The van der Waals surface area contributed by atoms with Crippen LogP contribution in [0.3, 0.4) is 0 Å². The molecule has 0 spiro atoms. The zero-order valence-electron chi connectivity index (χ0n) is 9.98. The van der Waals surface area contributed by atoms with Crippen LogP contribution >= 0.6 is 0 Å². The SMILES string of the molecule is O=C(NN1CCOCC1)c1c(F)c(F)c(F)c(F)c1F. The molecule has 1 heterocycles. The summed E-state index contributed by atoms with van der Waals surface area (Å²) in [6, 6.07) is 0. The Kier molecular flexibility index (Phi) is 4.19. The minimum atomic E-state index is -2.30. The first-order valence-corrected chi connectivity index (χ1v) is 5.58. The zero-order chi connectivity index (χ0) is 14.9. The molecule has 0 saturated carbocycles. The average molecular weight is 296 g/mol. The lowest BCUT2D eigenvalue weighted by Crippen LogP contribution is -2.48. The van der Waals surface area contributed by atoms with Gasteiger partial charge in [0.1, 0.15) is 5.56 Å². The summed E-state index contributed by atoms with van der Waals surface area (Å²) < 4.78 is 70.5. The minimum absolute atomic E-state index is 0.237. The first kappa shape index (κ1) is 14.7. The lowest BCUT2D eigenvalue weighted by molar-refractivity contribution is 0.0123. The van der Waals surface area contributed by atoms with Gasteiger partial charge in [0.15, 0.2) is 23.3 Å². The van der Waals surface area contributed by atoms with Crippen LogP contribution in [-0.4, -0.2) is 37.2 Å². The van der Waals surface area contributed by atoms with Gasteiger partial charge in [0.05, 0.1) is 13.2 Å². The molecule has 0 atom stereocenters. The Hall–Kier alpha value is -1.74. The van der Waals surface area contributed by atoms with Gasteiger partial charge in [0.2, 0.25) is 5.82 Å². The van der Waals surface area contributed by atoms with Crippen LogP contribution in [0.15, 0.2) is 0 Å². The van der Waals surface area contributed by atoms with Crippen LogP contribution < -0.4 is 5.43 Å². The van der Waals surface area contributed by atoms with Gasteiger partial charge in [-0.2, -0.15) is 0 Å². The number of carbonyl (C=O) groups is 1. The Balaban J connectivity index is 2.30. The van der Waals surface area contributed by atoms with Crippen LogP contribution in [-0.2, 0) is 4.74 Å². The van der Waals surface area contributed by atoms with Crippen molar-refractivity contribution in [3.63, 3.8) is 0 Å². The molecule has 1 aliphatic heterocycles. The van der Waals surface area contributed by atoms with E-state index >= 15 is 0 Å². The molecule has 9 heteroatoms. The lowest BCUT2D eigenvalue weighted by atomic mass is 10.1. The van der Waals surface area contributed by atoms with Crippen molar-refractivity contribution in [2.75, 3.05) is 26.3 Å². The summed E-state index contributed by atoms with van der Waals surface area (Å²) in [6.07, 6.45) is 0. The Morgan fingerprint density at radius 1 is 0.900 bits per heavy atom. The van der Waals surface area contributed by atoms with Crippen LogP contribution in [0.25, 0.3) is 0 Å².